The molecule has 0 fully saturated rings. The number of rotatable bonds is 2. The summed E-state index contributed by atoms with van der Waals surface area (Å²) in [5.74, 6) is 0.896. The Kier molecular flexibility index (Phi) is 2.48. The van der Waals surface area contributed by atoms with Crippen LogP contribution in [0.5, 0.6) is 5.75 Å². The van der Waals surface area contributed by atoms with Crippen LogP contribution in [0.25, 0.3) is 11.1 Å². The Morgan fingerprint density at radius 2 is 1.76 bits per heavy atom. The lowest BCUT2D eigenvalue weighted by Crippen LogP contribution is -1.91. The molecule has 1 heterocycles. The smallest absolute Gasteiger partial charge is 0.118 e. The molecule has 0 saturated carbocycles. The average molecular weight is 225 g/mol. The molecule has 0 aromatic heterocycles. The number of hydrogen-bond donors (Lipinski definition) is 1. The standard InChI is InChI=1S/C15H15NO/c1-17-14-6-4-11(5-7-14)13-3-2-12-8-9-16-15(12)10-13/h2-7,10,16H,8-9H2,1H3. The molecular weight excluding hydrogens is 210 g/mol. The first-order valence-corrected chi connectivity index (χ1v) is 5.88. The lowest BCUT2D eigenvalue weighted by atomic mass is 10.0. The van der Waals surface area contributed by atoms with Gasteiger partial charge in [-0.05, 0) is 41.3 Å². The molecule has 2 aromatic carbocycles. The van der Waals surface area contributed by atoms with Crippen LogP contribution in [0, 0.1) is 0 Å². The summed E-state index contributed by atoms with van der Waals surface area (Å²) in [7, 11) is 1.69. The number of benzene rings is 2. The van der Waals surface area contributed by atoms with Gasteiger partial charge in [0.25, 0.3) is 0 Å². The topological polar surface area (TPSA) is 21.3 Å². The number of nitrogens with one attached hydrogen (secondary N) is 1. The van der Waals surface area contributed by atoms with Gasteiger partial charge in [-0.25, -0.2) is 0 Å². The third kappa shape index (κ3) is 1.86. The van der Waals surface area contributed by atoms with Gasteiger partial charge in [0.1, 0.15) is 5.75 Å². The van der Waals surface area contributed by atoms with Crippen LogP contribution >= 0.6 is 0 Å². The van der Waals surface area contributed by atoms with Crippen molar-refractivity contribution in [2.75, 3.05) is 19.0 Å². The van der Waals surface area contributed by atoms with Gasteiger partial charge in [0.05, 0.1) is 7.11 Å². The molecule has 0 atom stereocenters. The van der Waals surface area contributed by atoms with E-state index >= 15 is 0 Å². The molecular formula is C15H15NO. The third-order valence-electron chi connectivity index (χ3n) is 3.24. The van der Waals surface area contributed by atoms with Crippen LogP contribution in [0.15, 0.2) is 42.5 Å². The molecule has 1 N–H and O–H groups in total. The van der Waals surface area contributed by atoms with Crippen molar-refractivity contribution in [3.8, 4) is 16.9 Å². The number of methoxy groups -OCH3 is 1. The highest BCUT2D eigenvalue weighted by molar-refractivity contribution is 5.71. The summed E-state index contributed by atoms with van der Waals surface area (Å²) in [5, 5.41) is 3.41. The second kappa shape index (κ2) is 4.13. The highest BCUT2D eigenvalue weighted by Crippen LogP contribution is 2.29. The van der Waals surface area contributed by atoms with E-state index in [4.69, 9.17) is 4.74 Å². The Balaban J connectivity index is 1.97. The van der Waals surface area contributed by atoms with Crippen molar-refractivity contribution in [3.63, 3.8) is 0 Å². The van der Waals surface area contributed by atoms with Crippen molar-refractivity contribution in [2.24, 2.45) is 0 Å². The number of fused-ring (bicyclic) bond motifs is 1. The van der Waals surface area contributed by atoms with E-state index in [0.29, 0.717) is 0 Å². The van der Waals surface area contributed by atoms with Gasteiger partial charge in [-0.15, -0.1) is 0 Å². The van der Waals surface area contributed by atoms with Crippen molar-refractivity contribution in [2.45, 2.75) is 6.42 Å². The lowest BCUT2D eigenvalue weighted by molar-refractivity contribution is 0.415. The maximum absolute atomic E-state index is 5.17. The average Bonchev–Trinajstić information content (AvgIpc) is 2.86. The van der Waals surface area contributed by atoms with Crippen molar-refractivity contribution in [1.29, 1.82) is 0 Å². The molecule has 3 rings (SSSR count). The minimum absolute atomic E-state index is 0.896. The highest BCUT2D eigenvalue weighted by Gasteiger charge is 2.10. The number of anilines is 1. The van der Waals surface area contributed by atoms with Gasteiger partial charge in [-0.1, -0.05) is 24.3 Å². The summed E-state index contributed by atoms with van der Waals surface area (Å²) >= 11 is 0. The van der Waals surface area contributed by atoms with Gasteiger partial charge < -0.3 is 10.1 Å². The fourth-order valence-electron chi connectivity index (χ4n) is 2.25. The van der Waals surface area contributed by atoms with Crippen LogP contribution in [0.4, 0.5) is 5.69 Å². The Morgan fingerprint density at radius 3 is 2.53 bits per heavy atom. The highest BCUT2D eigenvalue weighted by atomic mass is 16.5. The Bertz CT molecular complexity index is 531. The van der Waals surface area contributed by atoms with Crippen molar-refractivity contribution in [3.05, 3.63) is 48.0 Å². The van der Waals surface area contributed by atoms with E-state index in [1.165, 1.54) is 22.4 Å². The minimum atomic E-state index is 0.896. The molecule has 1 aliphatic rings. The summed E-state index contributed by atoms with van der Waals surface area (Å²) < 4.78 is 5.17. The third-order valence-corrected chi connectivity index (χ3v) is 3.24. The fourth-order valence-corrected chi connectivity index (χ4v) is 2.25. The molecule has 0 aliphatic carbocycles. The first-order valence-electron chi connectivity index (χ1n) is 5.88. The molecule has 0 unspecified atom stereocenters. The Labute approximate surface area is 101 Å². The van der Waals surface area contributed by atoms with E-state index in [9.17, 15) is 0 Å². The van der Waals surface area contributed by atoms with Gasteiger partial charge >= 0.3 is 0 Å². The molecule has 0 spiro atoms. The molecule has 2 nitrogen and oxygen atoms in total. The predicted octanol–water partition coefficient (Wildman–Crippen LogP) is 3.33. The summed E-state index contributed by atoms with van der Waals surface area (Å²) in [6.07, 6.45) is 1.14. The molecule has 0 bridgehead atoms. The SMILES string of the molecule is COc1ccc(-c2ccc3c(c2)NCC3)cc1. The van der Waals surface area contributed by atoms with Crippen molar-refractivity contribution >= 4 is 5.69 Å². The van der Waals surface area contributed by atoms with Crippen LogP contribution in [0.1, 0.15) is 5.56 Å². The first-order chi connectivity index (χ1) is 8.36. The van der Waals surface area contributed by atoms with Gasteiger partial charge in [0.15, 0.2) is 0 Å². The van der Waals surface area contributed by atoms with Crippen molar-refractivity contribution in [1.82, 2.24) is 0 Å². The van der Waals surface area contributed by atoms with E-state index in [2.05, 4.69) is 35.6 Å². The minimum Gasteiger partial charge on any atom is -0.497 e. The maximum Gasteiger partial charge on any atom is 0.118 e. The Morgan fingerprint density at radius 1 is 1.00 bits per heavy atom. The molecule has 86 valence electrons. The molecule has 17 heavy (non-hydrogen) atoms. The van der Waals surface area contributed by atoms with Gasteiger partial charge in [0.2, 0.25) is 0 Å². The normalized spacial score (nSPS) is 13.0. The van der Waals surface area contributed by atoms with E-state index in [1.54, 1.807) is 7.11 Å². The summed E-state index contributed by atoms with van der Waals surface area (Å²) in [4.78, 5) is 0. The van der Waals surface area contributed by atoms with E-state index in [-0.39, 0.29) is 0 Å². The lowest BCUT2D eigenvalue weighted by Gasteiger charge is -2.06. The molecule has 0 amide bonds. The van der Waals surface area contributed by atoms with E-state index in [1.807, 2.05) is 12.1 Å². The number of hydrogen-bond acceptors (Lipinski definition) is 2. The molecule has 1 aliphatic heterocycles. The van der Waals surface area contributed by atoms with Gasteiger partial charge in [-0.2, -0.15) is 0 Å². The quantitative estimate of drug-likeness (QED) is 0.846. The summed E-state index contributed by atoms with van der Waals surface area (Å²) in [6.45, 7) is 1.06. The van der Waals surface area contributed by atoms with Crippen LogP contribution < -0.4 is 10.1 Å². The number of ether oxygens (including phenoxy) is 1. The fraction of sp³-hybridized carbons (Fsp3) is 0.200. The monoisotopic (exact) mass is 225 g/mol. The zero-order chi connectivity index (χ0) is 11.7. The van der Waals surface area contributed by atoms with Crippen LogP contribution in [-0.4, -0.2) is 13.7 Å². The Hall–Kier alpha value is -1.96. The zero-order valence-electron chi connectivity index (χ0n) is 9.86. The second-order valence-electron chi connectivity index (χ2n) is 4.28. The molecule has 2 aromatic rings. The molecule has 2 heteroatoms. The van der Waals surface area contributed by atoms with Crippen molar-refractivity contribution < 1.29 is 4.74 Å². The van der Waals surface area contributed by atoms with Gasteiger partial charge in [0, 0.05) is 12.2 Å². The van der Waals surface area contributed by atoms with Crippen LogP contribution in [-0.2, 0) is 6.42 Å². The van der Waals surface area contributed by atoms with E-state index < -0.39 is 0 Å². The second-order valence-corrected chi connectivity index (χ2v) is 4.28. The molecule has 0 radical (unpaired) electrons. The molecule has 0 saturated heterocycles. The summed E-state index contributed by atoms with van der Waals surface area (Å²) in [6, 6.07) is 14.8. The summed E-state index contributed by atoms with van der Waals surface area (Å²) in [5.41, 5.74) is 5.17. The van der Waals surface area contributed by atoms with Gasteiger partial charge in [-0.3, -0.25) is 0 Å². The predicted molar refractivity (Wildman–Crippen MR) is 70.6 cm³/mol. The van der Waals surface area contributed by atoms with E-state index in [0.717, 1.165) is 18.7 Å². The maximum atomic E-state index is 5.17. The first kappa shape index (κ1) is 10.2. The van der Waals surface area contributed by atoms with Crippen LogP contribution in [0.3, 0.4) is 0 Å². The zero-order valence-corrected chi connectivity index (χ0v) is 9.86. The largest absolute Gasteiger partial charge is 0.497 e. The van der Waals surface area contributed by atoms with Crippen LogP contribution in [0.2, 0.25) is 0 Å².